The average molecular weight is 575 g/mol. The Hall–Kier alpha value is -4.48. The molecule has 218 valence electrons. The second-order valence-electron chi connectivity index (χ2n) is 9.54. The molecule has 0 bridgehead atoms. The van der Waals surface area contributed by atoms with Gasteiger partial charge in [0.1, 0.15) is 28.8 Å². The van der Waals surface area contributed by atoms with Gasteiger partial charge in [-0.05, 0) is 43.3 Å². The van der Waals surface area contributed by atoms with Crippen LogP contribution in [0.1, 0.15) is 30.5 Å². The van der Waals surface area contributed by atoms with E-state index < -0.39 is 41.7 Å². The standard InChI is InChI=1S/C29H30F4N4O4/c1-18(36-11-13-37(14-12-36)20-5-3-6-21(16-20)41-2)34-28-22(7-4-8-23(28)30)24(17-27(39)40)35-25-15-19(29(31,32)33)9-10-26(25)38/h3-10,15-16,24,35,38H,11-14,17H2,1-2H3,(H,39,40). The van der Waals surface area contributed by atoms with Crippen LogP contribution in [0.4, 0.5) is 34.6 Å². The van der Waals surface area contributed by atoms with Crippen molar-refractivity contribution in [3.05, 3.63) is 77.6 Å². The molecule has 0 amide bonds. The number of aromatic hydroxyl groups is 1. The Balaban J connectivity index is 1.60. The van der Waals surface area contributed by atoms with E-state index in [0.29, 0.717) is 44.1 Å². The zero-order valence-electron chi connectivity index (χ0n) is 22.5. The van der Waals surface area contributed by atoms with Gasteiger partial charge in [-0.2, -0.15) is 13.2 Å². The number of rotatable bonds is 8. The lowest BCUT2D eigenvalue weighted by Crippen LogP contribution is -2.48. The molecular formula is C29H30F4N4O4. The second-order valence-corrected chi connectivity index (χ2v) is 9.54. The smallest absolute Gasteiger partial charge is 0.416 e. The number of carboxylic acids is 1. The molecule has 3 aromatic carbocycles. The Bertz CT molecular complexity index is 1420. The number of benzene rings is 3. The number of halogens is 4. The molecule has 0 saturated carbocycles. The highest BCUT2D eigenvalue weighted by Gasteiger charge is 2.32. The first kappa shape index (κ1) is 29.5. The maximum absolute atomic E-state index is 15.1. The van der Waals surface area contributed by atoms with Crippen molar-refractivity contribution >= 4 is 28.9 Å². The minimum atomic E-state index is -4.69. The van der Waals surface area contributed by atoms with Crippen molar-refractivity contribution in [1.29, 1.82) is 0 Å². The normalized spacial score (nSPS) is 15.0. The molecule has 1 aliphatic rings. The lowest BCUT2D eigenvalue weighted by molar-refractivity contribution is -0.138. The number of ether oxygens (including phenoxy) is 1. The zero-order chi connectivity index (χ0) is 29.7. The van der Waals surface area contributed by atoms with E-state index in [2.05, 4.69) is 15.2 Å². The predicted octanol–water partition coefficient (Wildman–Crippen LogP) is 6.06. The van der Waals surface area contributed by atoms with Crippen LogP contribution in [0.5, 0.6) is 11.5 Å². The summed E-state index contributed by atoms with van der Waals surface area (Å²) in [6, 6.07) is 12.8. The number of amidine groups is 1. The average Bonchev–Trinajstić information content (AvgIpc) is 2.94. The van der Waals surface area contributed by atoms with E-state index in [-0.39, 0.29) is 16.9 Å². The number of para-hydroxylation sites is 1. The summed E-state index contributed by atoms with van der Waals surface area (Å²) in [5, 5.41) is 22.4. The van der Waals surface area contributed by atoms with Crippen molar-refractivity contribution in [1.82, 2.24) is 4.90 Å². The number of methoxy groups -OCH3 is 1. The summed E-state index contributed by atoms with van der Waals surface area (Å²) in [7, 11) is 1.60. The molecule has 0 spiro atoms. The molecule has 1 atom stereocenters. The number of aliphatic imine (C=N–C) groups is 1. The van der Waals surface area contributed by atoms with Crippen LogP contribution < -0.4 is 15.0 Å². The number of anilines is 2. The summed E-state index contributed by atoms with van der Waals surface area (Å²) >= 11 is 0. The second kappa shape index (κ2) is 12.4. The molecule has 1 fully saturated rings. The predicted molar refractivity (Wildman–Crippen MR) is 148 cm³/mol. The number of nitrogens with one attached hydrogen (secondary N) is 1. The van der Waals surface area contributed by atoms with Crippen molar-refractivity contribution in [2.75, 3.05) is 43.5 Å². The molecule has 41 heavy (non-hydrogen) atoms. The van der Waals surface area contributed by atoms with Crippen molar-refractivity contribution in [2.45, 2.75) is 25.6 Å². The molecule has 8 nitrogen and oxygen atoms in total. The van der Waals surface area contributed by atoms with Crippen LogP contribution in [-0.2, 0) is 11.0 Å². The van der Waals surface area contributed by atoms with Crippen molar-refractivity contribution < 1.29 is 37.3 Å². The fourth-order valence-electron chi connectivity index (χ4n) is 4.69. The van der Waals surface area contributed by atoms with Gasteiger partial charge >= 0.3 is 12.1 Å². The Labute approximate surface area is 234 Å². The molecule has 0 radical (unpaired) electrons. The first-order valence-corrected chi connectivity index (χ1v) is 12.8. The van der Waals surface area contributed by atoms with E-state index in [1.807, 2.05) is 29.2 Å². The quantitative estimate of drug-likeness (QED) is 0.130. The lowest BCUT2D eigenvalue weighted by atomic mass is 10.00. The maximum Gasteiger partial charge on any atom is 0.416 e. The Morgan fingerprint density at radius 3 is 2.44 bits per heavy atom. The summed E-state index contributed by atoms with van der Waals surface area (Å²) in [4.78, 5) is 20.4. The van der Waals surface area contributed by atoms with Gasteiger partial charge in [-0.1, -0.05) is 18.2 Å². The van der Waals surface area contributed by atoms with E-state index in [0.717, 1.165) is 17.5 Å². The monoisotopic (exact) mass is 574 g/mol. The third-order valence-corrected chi connectivity index (χ3v) is 6.86. The van der Waals surface area contributed by atoms with Gasteiger partial charge in [0.05, 0.1) is 30.8 Å². The largest absolute Gasteiger partial charge is 0.506 e. The molecular weight excluding hydrogens is 544 g/mol. The van der Waals surface area contributed by atoms with Gasteiger partial charge in [0.2, 0.25) is 0 Å². The van der Waals surface area contributed by atoms with E-state index >= 15 is 4.39 Å². The highest BCUT2D eigenvalue weighted by atomic mass is 19.4. The number of nitrogens with zero attached hydrogens (tertiary/aromatic N) is 3. The minimum Gasteiger partial charge on any atom is -0.506 e. The van der Waals surface area contributed by atoms with Crippen molar-refractivity contribution in [2.24, 2.45) is 4.99 Å². The number of hydrogen-bond donors (Lipinski definition) is 3. The van der Waals surface area contributed by atoms with Crippen LogP contribution in [0.25, 0.3) is 0 Å². The summed E-state index contributed by atoms with van der Waals surface area (Å²) < 4.78 is 60.3. The maximum atomic E-state index is 15.1. The minimum absolute atomic E-state index is 0.124. The van der Waals surface area contributed by atoms with E-state index in [9.17, 15) is 28.2 Å². The summed E-state index contributed by atoms with van der Waals surface area (Å²) in [5.41, 5.74) is -0.372. The number of piperazine rings is 1. The van der Waals surface area contributed by atoms with Gasteiger partial charge in [-0.25, -0.2) is 9.38 Å². The highest BCUT2D eigenvalue weighted by Crippen LogP contribution is 2.38. The fraction of sp³-hybridized carbons (Fsp3) is 0.310. The van der Waals surface area contributed by atoms with Gasteiger partial charge in [-0.15, -0.1) is 0 Å². The number of carbonyl (C=O) groups is 1. The van der Waals surface area contributed by atoms with Crippen LogP contribution >= 0.6 is 0 Å². The zero-order valence-corrected chi connectivity index (χ0v) is 22.5. The fourth-order valence-corrected chi connectivity index (χ4v) is 4.69. The molecule has 3 aromatic rings. The first-order valence-electron chi connectivity index (χ1n) is 12.8. The molecule has 1 saturated heterocycles. The Morgan fingerprint density at radius 1 is 1.07 bits per heavy atom. The topological polar surface area (TPSA) is 97.6 Å². The number of alkyl halides is 3. The SMILES string of the molecule is COc1cccc(N2CCN(C(C)=Nc3c(F)cccc3C(CC(=O)O)Nc3cc(C(F)(F)F)ccc3O)CC2)c1. The van der Waals surface area contributed by atoms with E-state index in [1.165, 1.54) is 18.2 Å². The summed E-state index contributed by atoms with van der Waals surface area (Å²) in [5.74, 6) is -1.27. The molecule has 4 rings (SSSR count). The number of phenols is 1. The molecule has 1 unspecified atom stereocenters. The number of aliphatic carboxylic acids is 1. The number of hydrogen-bond acceptors (Lipinski definition) is 6. The van der Waals surface area contributed by atoms with E-state index in [1.54, 1.807) is 14.0 Å². The van der Waals surface area contributed by atoms with Crippen molar-refractivity contribution in [3.8, 4) is 11.5 Å². The van der Waals surface area contributed by atoms with Crippen molar-refractivity contribution in [3.63, 3.8) is 0 Å². The van der Waals surface area contributed by atoms with Crippen LogP contribution in [0, 0.1) is 5.82 Å². The first-order chi connectivity index (χ1) is 19.5. The molecule has 1 aliphatic heterocycles. The Kier molecular flexibility index (Phi) is 8.89. The summed E-state index contributed by atoms with van der Waals surface area (Å²) in [6.45, 7) is 4.23. The highest BCUT2D eigenvalue weighted by molar-refractivity contribution is 5.84. The molecule has 12 heteroatoms. The van der Waals surface area contributed by atoms with Gasteiger partial charge < -0.3 is 30.1 Å². The number of carboxylic acid groups (broad SMARTS) is 1. The van der Waals surface area contributed by atoms with Crippen LogP contribution in [0.15, 0.2) is 65.7 Å². The van der Waals surface area contributed by atoms with Gasteiger partial charge in [-0.3, -0.25) is 4.79 Å². The molecule has 3 N–H and O–H groups in total. The van der Waals surface area contributed by atoms with E-state index in [4.69, 9.17) is 4.74 Å². The van der Waals surface area contributed by atoms with Crippen LogP contribution in [0.2, 0.25) is 0 Å². The number of phenolic OH excluding ortho intramolecular Hbond substituents is 1. The third kappa shape index (κ3) is 7.19. The molecule has 0 aliphatic carbocycles. The van der Waals surface area contributed by atoms with Crippen LogP contribution in [-0.4, -0.2) is 60.2 Å². The van der Waals surface area contributed by atoms with Crippen LogP contribution in [0.3, 0.4) is 0 Å². The van der Waals surface area contributed by atoms with Gasteiger partial charge in [0, 0.05) is 43.5 Å². The molecule has 1 heterocycles. The van der Waals surface area contributed by atoms with Gasteiger partial charge in [0.25, 0.3) is 0 Å². The lowest BCUT2D eigenvalue weighted by Gasteiger charge is -2.37. The third-order valence-electron chi connectivity index (χ3n) is 6.86. The Morgan fingerprint density at radius 2 is 1.78 bits per heavy atom. The van der Waals surface area contributed by atoms with Gasteiger partial charge in [0.15, 0.2) is 0 Å². The summed E-state index contributed by atoms with van der Waals surface area (Å²) in [6.07, 6.45) is -5.30. The molecule has 0 aromatic heterocycles.